The lowest BCUT2D eigenvalue weighted by Gasteiger charge is -2.16. The molecule has 0 amide bonds. The van der Waals surface area contributed by atoms with Crippen molar-refractivity contribution in [2.45, 2.75) is 39.2 Å². The smallest absolute Gasteiger partial charge is 0.334 e. The fourth-order valence-electron chi connectivity index (χ4n) is 1.62. The zero-order valence-electron chi connectivity index (χ0n) is 9.69. The molecule has 5 nitrogen and oxygen atoms in total. The number of aliphatic hydroxyl groups is 1. The average molecular weight is 230 g/mol. The van der Waals surface area contributed by atoms with Gasteiger partial charge in [0, 0.05) is 6.42 Å². The van der Waals surface area contributed by atoms with Gasteiger partial charge in [0.2, 0.25) is 0 Å². The van der Waals surface area contributed by atoms with Gasteiger partial charge in [-0.1, -0.05) is 0 Å². The summed E-state index contributed by atoms with van der Waals surface area (Å²) in [5.41, 5.74) is -0.651. The Kier molecular flexibility index (Phi) is 4.29. The van der Waals surface area contributed by atoms with Crippen molar-refractivity contribution >= 4 is 11.9 Å². The Morgan fingerprint density at radius 2 is 1.81 bits per heavy atom. The molecule has 1 rings (SSSR count). The van der Waals surface area contributed by atoms with E-state index in [9.17, 15) is 14.7 Å². The molecule has 0 aromatic heterocycles. The number of carbonyl (C=O) groups excluding carboxylic acids is 2. The summed E-state index contributed by atoms with van der Waals surface area (Å²) in [7, 11) is 0. The van der Waals surface area contributed by atoms with Crippen LogP contribution in [0.4, 0.5) is 0 Å². The molecule has 0 aromatic rings. The standard InChI is InChI=1S/C11H18O5/c1-3-15-9(13)8(12)7-11(5-6-11)10(14)16-4-2/h8,12H,3-7H2,1-2H3. The van der Waals surface area contributed by atoms with E-state index in [1.165, 1.54) is 0 Å². The SMILES string of the molecule is CCOC(=O)C(O)CC1(C(=O)OCC)CC1. The molecule has 1 fully saturated rings. The van der Waals surface area contributed by atoms with Gasteiger partial charge < -0.3 is 14.6 Å². The molecular formula is C11H18O5. The fraction of sp³-hybridized carbons (Fsp3) is 0.818. The lowest BCUT2D eigenvalue weighted by molar-refractivity contribution is -0.157. The molecule has 16 heavy (non-hydrogen) atoms. The zero-order chi connectivity index (χ0) is 12.2. The number of aliphatic hydroxyl groups excluding tert-OH is 1. The first-order valence-electron chi connectivity index (χ1n) is 5.57. The van der Waals surface area contributed by atoms with E-state index in [1.54, 1.807) is 13.8 Å². The van der Waals surface area contributed by atoms with Crippen molar-refractivity contribution in [1.29, 1.82) is 0 Å². The summed E-state index contributed by atoms with van der Waals surface area (Å²) in [6.45, 7) is 3.94. The van der Waals surface area contributed by atoms with E-state index < -0.39 is 17.5 Å². The van der Waals surface area contributed by atoms with Crippen LogP contribution in [0.1, 0.15) is 33.1 Å². The van der Waals surface area contributed by atoms with Crippen molar-refractivity contribution in [3.8, 4) is 0 Å². The van der Waals surface area contributed by atoms with Crippen LogP contribution in [0, 0.1) is 5.41 Å². The number of ether oxygens (including phenoxy) is 2. The Morgan fingerprint density at radius 3 is 2.25 bits per heavy atom. The number of carbonyl (C=O) groups is 2. The number of esters is 2. The minimum absolute atomic E-state index is 0.102. The van der Waals surface area contributed by atoms with Crippen LogP contribution in [0.25, 0.3) is 0 Å². The third-order valence-corrected chi connectivity index (χ3v) is 2.70. The van der Waals surface area contributed by atoms with E-state index in [0.29, 0.717) is 19.4 Å². The highest BCUT2D eigenvalue weighted by Gasteiger charge is 2.53. The van der Waals surface area contributed by atoms with E-state index >= 15 is 0 Å². The van der Waals surface area contributed by atoms with Crippen LogP contribution in [-0.2, 0) is 19.1 Å². The maximum Gasteiger partial charge on any atom is 0.334 e. The van der Waals surface area contributed by atoms with Crippen molar-refractivity contribution in [3.05, 3.63) is 0 Å². The predicted molar refractivity (Wildman–Crippen MR) is 55.6 cm³/mol. The summed E-state index contributed by atoms with van der Waals surface area (Å²) in [6, 6.07) is 0. The fourth-order valence-corrected chi connectivity index (χ4v) is 1.62. The maximum absolute atomic E-state index is 11.6. The van der Waals surface area contributed by atoms with E-state index in [-0.39, 0.29) is 19.0 Å². The van der Waals surface area contributed by atoms with Crippen LogP contribution in [-0.4, -0.2) is 36.4 Å². The van der Waals surface area contributed by atoms with E-state index in [4.69, 9.17) is 4.74 Å². The molecule has 0 bridgehead atoms. The largest absolute Gasteiger partial charge is 0.466 e. The number of hydrogen-bond donors (Lipinski definition) is 1. The van der Waals surface area contributed by atoms with Gasteiger partial charge in [-0.05, 0) is 26.7 Å². The first-order valence-corrected chi connectivity index (χ1v) is 5.57. The predicted octanol–water partition coefficient (Wildman–Crippen LogP) is 0.644. The molecule has 1 aliphatic carbocycles. The monoisotopic (exact) mass is 230 g/mol. The van der Waals surface area contributed by atoms with Crippen molar-refractivity contribution in [2.75, 3.05) is 13.2 Å². The van der Waals surface area contributed by atoms with Gasteiger partial charge in [-0.3, -0.25) is 4.79 Å². The molecule has 1 unspecified atom stereocenters. The van der Waals surface area contributed by atoms with Gasteiger partial charge >= 0.3 is 11.9 Å². The normalized spacial score (nSPS) is 18.7. The van der Waals surface area contributed by atoms with Crippen molar-refractivity contribution in [3.63, 3.8) is 0 Å². The number of rotatable bonds is 6. The maximum atomic E-state index is 11.6. The zero-order valence-corrected chi connectivity index (χ0v) is 9.69. The Balaban J connectivity index is 2.47. The second-order valence-corrected chi connectivity index (χ2v) is 3.97. The van der Waals surface area contributed by atoms with Crippen molar-refractivity contribution < 1.29 is 24.2 Å². The first kappa shape index (κ1) is 13.0. The summed E-state index contributed by atoms with van der Waals surface area (Å²) in [4.78, 5) is 22.8. The minimum atomic E-state index is -1.23. The van der Waals surface area contributed by atoms with Gasteiger partial charge in [0.1, 0.15) is 0 Å². The minimum Gasteiger partial charge on any atom is -0.466 e. The summed E-state index contributed by atoms with van der Waals surface area (Å²) in [6.07, 6.45) is 0.210. The summed E-state index contributed by atoms with van der Waals surface area (Å²) in [5.74, 6) is -0.989. The van der Waals surface area contributed by atoms with Crippen LogP contribution in [0.15, 0.2) is 0 Å². The molecule has 0 spiro atoms. The second-order valence-electron chi connectivity index (χ2n) is 3.97. The summed E-state index contributed by atoms with van der Waals surface area (Å²) < 4.78 is 9.58. The third-order valence-electron chi connectivity index (χ3n) is 2.70. The molecule has 1 atom stereocenters. The van der Waals surface area contributed by atoms with Gasteiger partial charge in [-0.15, -0.1) is 0 Å². The highest BCUT2D eigenvalue weighted by Crippen LogP contribution is 2.50. The lowest BCUT2D eigenvalue weighted by atomic mass is 9.98. The van der Waals surface area contributed by atoms with E-state index in [2.05, 4.69) is 4.74 Å². The second kappa shape index (κ2) is 5.30. The number of hydrogen-bond acceptors (Lipinski definition) is 5. The molecule has 0 aromatic carbocycles. The average Bonchev–Trinajstić information content (AvgIpc) is 2.99. The lowest BCUT2D eigenvalue weighted by Crippen LogP contribution is -2.30. The molecule has 0 aliphatic heterocycles. The topological polar surface area (TPSA) is 72.8 Å². The van der Waals surface area contributed by atoms with Crippen LogP contribution in [0.3, 0.4) is 0 Å². The van der Waals surface area contributed by atoms with Gasteiger partial charge in [-0.2, -0.15) is 0 Å². The third kappa shape index (κ3) is 2.95. The molecule has 0 saturated heterocycles. The Morgan fingerprint density at radius 1 is 1.25 bits per heavy atom. The highest BCUT2D eigenvalue weighted by atomic mass is 16.5. The molecule has 92 valence electrons. The Bertz CT molecular complexity index is 270. The van der Waals surface area contributed by atoms with Gasteiger partial charge in [0.05, 0.1) is 18.6 Å². The van der Waals surface area contributed by atoms with Gasteiger partial charge in [0.25, 0.3) is 0 Å². The van der Waals surface area contributed by atoms with E-state index in [1.807, 2.05) is 0 Å². The molecule has 1 aliphatic rings. The van der Waals surface area contributed by atoms with Crippen molar-refractivity contribution in [1.82, 2.24) is 0 Å². The summed E-state index contributed by atoms with van der Waals surface area (Å²) in [5, 5.41) is 9.56. The van der Waals surface area contributed by atoms with Crippen LogP contribution < -0.4 is 0 Å². The molecule has 0 radical (unpaired) electrons. The Labute approximate surface area is 94.7 Å². The van der Waals surface area contributed by atoms with Crippen molar-refractivity contribution in [2.24, 2.45) is 5.41 Å². The van der Waals surface area contributed by atoms with Crippen LogP contribution in [0.2, 0.25) is 0 Å². The Hall–Kier alpha value is -1.10. The molecule has 0 heterocycles. The van der Waals surface area contributed by atoms with Crippen LogP contribution >= 0.6 is 0 Å². The molecular weight excluding hydrogens is 212 g/mol. The first-order chi connectivity index (χ1) is 7.55. The molecule has 1 saturated carbocycles. The quantitative estimate of drug-likeness (QED) is 0.678. The highest BCUT2D eigenvalue weighted by molar-refractivity contribution is 5.82. The molecule has 5 heteroatoms. The molecule has 1 N–H and O–H groups in total. The van der Waals surface area contributed by atoms with E-state index in [0.717, 1.165) is 0 Å². The van der Waals surface area contributed by atoms with Crippen LogP contribution in [0.5, 0.6) is 0 Å². The summed E-state index contributed by atoms with van der Waals surface area (Å²) >= 11 is 0. The van der Waals surface area contributed by atoms with Gasteiger partial charge in [-0.25, -0.2) is 4.79 Å². The van der Waals surface area contributed by atoms with Gasteiger partial charge in [0.15, 0.2) is 6.10 Å².